The van der Waals surface area contributed by atoms with Gasteiger partial charge in [-0.15, -0.1) is 24.8 Å². The molecule has 18 heavy (non-hydrogen) atoms. The van der Waals surface area contributed by atoms with Crippen LogP contribution in [-0.4, -0.2) is 24.5 Å². The molecule has 2 N–H and O–H groups in total. The van der Waals surface area contributed by atoms with Crippen LogP contribution in [-0.2, 0) is 13.0 Å². The molecule has 0 spiro atoms. The Morgan fingerprint density at radius 2 is 1.94 bits per heavy atom. The highest BCUT2D eigenvalue weighted by molar-refractivity contribution is 9.10. The summed E-state index contributed by atoms with van der Waals surface area (Å²) in [5, 5.41) is 0. The second-order valence-corrected chi connectivity index (χ2v) is 5.35. The third kappa shape index (κ3) is 5.06. The van der Waals surface area contributed by atoms with E-state index in [-0.39, 0.29) is 24.8 Å². The minimum atomic E-state index is 0. The zero-order valence-corrected chi connectivity index (χ0v) is 13.6. The summed E-state index contributed by atoms with van der Waals surface area (Å²) in [4.78, 5) is 2.53. The molecule has 1 heterocycles. The summed E-state index contributed by atoms with van der Waals surface area (Å²) >= 11 is 3.54. The van der Waals surface area contributed by atoms with Crippen molar-refractivity contribution in [2.45, 2.75) is 25.8 Å². The van der Waals surface area contributed by atoms with Gasteiger partial charge in [0.05, 0.1) is 0 Å². The van der Waals surface area contributed by atoms with E-state index >= 15 is 0 Å². The molecule has 0 radical (unpaired) electrons. The van der Waals surface area contributed by atoms with Crippen molar-refractivity contribution in [1.82, 2.24) is 4.90 Å². The van der Waals surface area contributed by atoms with Gasteiger partial charge < -0.3 is 5.73 Å². The molecule has 0 atom stereocenters. The summed E-state index contributed by atoms with van der Waals surface area (Å²) in [5.41, 5.74) is 8.51. The Morgan fingerprint density at radius 3 is 2.67 bits per heavy atom. The fourth-order valence-corrected chi connectivity index (χ4v) is 2.66. The number of halogens is 3. The van der Waals surface area contributed by atoms with Gasteiger partial charge in [0.1, 0.15) is 0 Å². The van der Waals surface area contributed by atoms with Gasteiger partial charge >= 0.3 is 0 Å². The van der Waals surface area contributed by atoms with E-state index < -0.39 is 0 Å². The fraction of sp³-hybridized carbons (Fsp3) is 0.538. The van der Waals surface area contributed by atoms with Crippen molar-refractivity contribution >= 4 is 40.7 Å². The lowest BCUT2D eigenvalue weighted by molar-refractivity contribution is 0.249. The van der Waals surface area contributed by atoms with Gasteiger partial charge in [-0.25, -0.2) is 0 Å². The Labute approximate surface area is 130 Å². The van der Waals surface area contributed by atoms with Gasteiger partial charge in [-0.1, -0.05) is 22.0 Å². The minimum absolute atomic E-state index is 0. The third-order valence-electron chi connectivity index (χ3n) is 3.19. The Balaban J connectivity index is 0.00000144. The predicted molar refractivity (Wildman–Crippen MR) is 85.9 cm³/mol. The number of nitrogens with two attached hydrogens (primary N) is 1. The molecule has 0 saturated heterocycles. The maximum atomic E-state index is 5.52. The number of nitrogens with zero attached hydrogens (tertiary/aromatic N) is 1. The molecule has 0 aliphatic carbocycles. The van der Waals surface area contributed by atoms with Gasteiger partial charge in [-0.3, -0.25) is 4.90 Å². The normalized spacial score (nSPS) is 14.3. The maximum absolute atomic E-state index is 5.52. The molecule has 0 saturated carbocycles. The quantitative estimate of drug-likeness (QED) is 0.839. The van der Waals surface area contributed by atoms with Crippen molar-refractivity contribution in [3.8, 4) is 0 Å². The fourth-order valence-electron chi connectivity index (χ4n) is 2.25. The summed E-state index contributed by atoms with van der Waals surface area (Å²) < 4.78 is 1.19. The average Bonchev–Trinajstić information content (AvgIpc) is 2.29. The molecule has 0 aromatic heterocycles. The van der Waals surface area contributed by atoms with Crippen LogP contribution in [0.3, 0.4) is 0 Å². The van der Waals surface area contributed by atoms with E-state index in [1.54, 1.807) is 0 Å². The second-order valence-electron chi connectivity index (χ2n) is 4.43. The lowest BCUT2D eigenvalue weighted by atomic mass is 10.00. The molecule has 2 nitrogen and oxygen atoms in total. The lowest BCUT2D eigenvalue weighted by Crippen LogP contribution is -2.31. The van der Waals surface area contributed by atoms with Gasteiger partial charge in [-0.2, -0.15) is 0 Å². The summed E-state index contributed by atoms with van der Waals surface area (Å²) in [6.07, 6.45) is 3.55. The first-order valence-electron chi connectivity index (χ1n) is 5.99. The van der Waals surface area contributed by atoms with Crippen LogP contribution < -0.4 is 5.73 Å². The Hall–Kier alpha value is 0.200. The molecule has 1 aromatic carbocycles. The highest BCUT2D eigenvalue weighted by Crippen LogP contribution is 2.22. The van der Waals surface area contributed by atoms with Gasteiger partial charge in [0, 0.05) is 17.6 Å². The van der Waals surface area contributed by atoms with E-state index in [1.807, 2.05) is 0 Å². The van der Waals surface area contributed by atoms with Crippen molar-refractivity contribution in [3.05, 3.63) is 33.8 Å². The van der Waals surface area contributed by atoms with E-state index in [0.29, 0.717) is 0 Å². The van der Waals surface area contributed by atoms with Gasteiger partial charge in [0.25, 0.3) is 0 Å². The van der Waals surface area contributed by atoms with Crippen LogP contribution in [0.15, 0.2) is 22.7 Å². The molecule has 0 fully saturated rings. The zero-order chi connectivity index (χ0) is 11.4. The SMILES string of the molecule is Cl.Cl.NCCCCN1CCc2ccc(Br)cc2C1. The largest absolute Gasteiger partial charge is 0.330 e. The molecule has 104 valence electrons. The molecular weight excluding hydrogens is 335 g/mol. The van der Waals surface area contributed by atoms with Crippen molar-refractivity contribution < 1.29 is 0 Å². The number of hydrogen-bond donors (Lipinski definition) is 1. The molecule has 1 aliphatic heterocycles. The summed E-state index contributed by atoms with van der Waals surface area (Å²) in [5.74, 6) is 0. The second kappa shape index (κ2) is 9.16. The van der Waals surface area contributed by atoms with Crippen molar-refractivity contribution in [3.63, 3.8) is 0 Å². The van der Waals surface area contributed by atoms with E-state index in [4.69, 9.17) is 5.73 Å². The van der Waals surface area contributed by atoms with Gasteiger partial charge in [0.2, 0.25) is 0 Å². The number of hydrogen-bond acceptors (Lipinski definition) is 2. The van der Waals surface area contributed by atoms with Crippen LogP contribution in [0.4, 0.5) is 0 Å². The number of rotatable bonds is 4. The summed E-state index contributed by atoms with van der Waals surface area (Å²) in [7, 11) is 0. The van der Waals surface area contributed by atoms with Crippen LogP contribution in [0.2, 0.25) is 0 Å². The predicted octanol–water partition coefficient (Wildman–Crippen LogP) is 3.39. The highest BCUT2D eigenvalue weighted by atomic mass is 79.9. The van der Waals surface area contributed by atoms with Crippen molar-refractivity contribution in [1.29, 1.82) is 0 Å². The van der Waals surface area contributed by atoms with Gasteiger partial charge in [-0.05, 0) is 55.6 Å². The standard InChI is InChI=1S/C13H19BrN2.2ClH/c14-13-4-3-11-5-8-16(7-2-1-6-15)10-12(11)9-13;;/h3-4,9H,1-2,5-8,10,15H2;2*1H. The number of fused-ring (bicyclic) bond motifs is 1. The Kier molecular flexibility index (Phi) is 9.26. The van der Waals surface area contributed by atoms with Gasteiger partial charge in [0.15, 0.2) is 0 Å². The third-order valence-corrected chi connectivity index (χ3v) is 3.68. The van der Waals surface area contributed by atoms with Crippen LogP contribution >= 0.6 is 40.7 Å². The molecular formula is C13H21BrCl2N2. The first-order valence-corrected chi connectivity index (χ1v) is 6.78. The summed E-state index contributed by atoms with van der Waals surface area (Å²) in [6.45, 7) is 4.29. The van der Waals surface area contributed by atoms with E-state index in [0.717, 1.165) is 19.5 Å². The van der Waals surface area contributed by atoms with E-state index in [1.165, 1.54) is 41.5 Å². The monoisotopic (exact) mass is 354 g/mol. The molecule has 0 amide bonds. The van der Waals surface area contributed by atoms with Crippen LogP contribution in [0.25, 0.3) is 0 Å². The number of unbranched alkanes of at least 4 members (excludes halogenated alkanes) is 1. The van der Waals surface area contributed by atoms with Crippen LogP contribution in [0.1, 0.15) is 24.0 Å². The first-order chi connectivity index (χ1) is 7.79. The Bertz CT molecular complexity index is 361. The first kappa shape index (κ1) is 18.2. The molecule has 5 heteroatoms. The Morgan fingerprint density at radius 1 is 1.17 bits per heavy atom. The molecule has 0 unspecified atom stereocenters. The molecule has 1 aromatic rings. The van der Waals surface area contributed by atoms with E-state index in [9.17, 15) is 0 Å². The van der Waals surface area contributed by atoms with Crippen molar-refractivity contribution in [2.24, 2.45) is 5.73 Å². The molecule has 1 aliphatic rings. The average molecular weight is 356 g/mol. The zero-order valence-electron chi connectivity index (χ0n) is 10.4. The highest BCUT2D eigenvalue weighted by Gasteiger charge is 2.15. The van der Waals surface area contributed by atoms with Crippen LogP contribution in [0, 0.1) is 0 Å². The molecule has 2 rings (SSSR count). The lowest BCUT2D eigenvalue weighted by Gasteiger charge is -2.28. The summed E-state index contributed by atoms with van der Waals surface area (Å²) in [6, 6.07) is 6.64. The topological polar surface area (TPSA) is 29.3 Å². The van der Waals surface area contributed by atoms with E-state index in [2.05, 4.69) is 39.0 Å². The number of benzene rings is 1. The molecule has 0 bridgehead atoms. The minimum Gasteiger partial charge on any atom is -0.330 e. The van der Waals surface area contributed by atoms with Crippen molar-refractivity contribution in [2.75, 3.05) is 19.6 Å². The smallest absolute Gasteiger partial charge is 0.0237 e. The van der Waals surface area contributed by atoms with Crippen LogP contribution in [0.5, 0.6) is 0 Å². The maximum Gasteiger partial charge on any atom is 0.0237 e.